The molecule has 0 aromatic heterocycles. The molecule has 2 rings (SSSR count). The Balaban J connectivity index is 2.49. The maximum atomic E-state index is 6.17. The predicted molar refractivity (Wildman–Crippen MR) is 82.0 cm³/mol. The van der Waals surface area contributed by atoms with E-state index in [1.54, 1.807) is 0 Å². The molecule has 0 spiro atoms. The van der Waals surface area contributed by atoms with E-state index in [4.69, 9.17) is 5.73 Å². The number of hydrogen-bond donors (Lipinski definition) is 1. The minimum absolute atomic E-state index is 0.224. The highest BCUT2D eigenvalue weighted by molar-refractivity contribution is 9.10. The first-order chi connectivity index (χ1) is 8.59. The van der Waals surface area contributed by atoms with Gasteiger partial charge >= 0.3 is 0 Å². The summed E-state index contributed by atoms with van der Waals surface area (Å²) in [6.07, 6.45) is 6.51. The van der Waals surface area contributed by atoms with E-state index in [1.165, 1.54) is 47.7 Å². The summed E-state index contributed by atoms with van der Waals surface area (Å²) in [7, 11) is 0. The molecule has 18 heavy (non-hydrogen) atoms. The van der Waals surface area contributed by atoms with Crippen LogP contribution in [0.5, 0.6) is 0 Å². The summed E-state index contributed by atoms with van der Waals surface area (Å²) in [5.74, 6) is 0.568. The molecule has 1 nitrogen and oxygen atoms in total. The van der Waals surface area contributed by atoms with Crippen LogP contribution in [0.3, 0.4) is 0 Å². The largest absolute Gasteiger partial charge is 0.330 e. The number of rotatable bonds is 3. The first-order valence-corrected chi connectivity index (χ1v) is 7.88. The summed E-state index contributed by atoms with van der Waals surface area (Å²) >= 11 is 3.62. The van der Waals surface area contributed by atoms with Crippen molar-refractivity contribution in [2.45, 2.75) is 57.3 Å². The molecule has 0 aliphatic heterocycles. The second-order valence-corrected chi connectivity index (χ2v) is 6.85. The zero-order chi connectivity index (χ0) is 13.2. The average molecular weight is 310 g/mol. The van der Waals surface area contributed by atoms with Crippen LogP contribution in [0, 0.1) is 0 Å². The molecule has 2 N–H and O–H groups in total. The molecule has 1 saturated carbocycles. The highest BCUT2D eigenvalue weighted by Gasteiger charge is 2.34. The average Bonchev–Trinajstić information content (AvgIpc) is 2.39. The molecule has 1 aliphatic rings. The Morgan fingerprint density at radius 1 is 1.22 bits per heavy atom. The van der Waals surface area contributed by atoms with Crippen molar-refractivity contribution in [2.75, 3.05) is 6.54 Å². The fraction of sp³-hybridized carbons (Fsp3) is 0.625. The molecule has 0 radical (unpaired) electrons. The molecule has 1 fully saturated rings. The Morgan fingerprint density at radius 2 is 1.89 bits per heavy atom. The third-order valence-corrected chi connectivity index (χ3v) is 4.90. The van der Waals surface area contributed by atoms with Gasteiger partial charge in [0, 0.05) is 16.4 Å². The van der Waals surface area contributed by atoms with Crippen LogP contribution >= 0.6 is 15.9 Å². The maximum absolute atomic E-state index is 6.17. The van der Waals surface area contributed by atoms with E-state index in [0.29, 0.717) is 5.92 Å². The van der Waals surface area contributed by atoms with Crippen molar-refractivity contribution in [2.24, 2.45) is 5.73 Å². The molecule has 0 amide bonds. The SMILES string of the molecule is CC(C)c1ccc(Br)cc1C1(CN)CCCCC1. The Morgan fingerprint density at radius 3 is 2.44 bits per heavy atom. The van der Waals surface area contributed by atoms with Gasteiger partial charge in [-0.15, -0.1) is 0 Å². The third-order valence-electron chi connectivity index (χ3n) is 4.41. The molecular weight excluding hydrogens is 286 g/mol. The van der Waals surface area contributed by atoms with Crippen LogP contribution in [0.15, 0.2) is 22.7 Å². The molecule has 2 heteroatoms. The van der Waals surface area contributed by atoms with Crippen molar-refractivity contribution in [3.8, 4) is 0 Å². The Kier molecular flexibility index (Phi) is 4.50. The fourth-order valence-corrected chi connectivity index (χ4v) is 3.66. The Labute approximate surface area is 119 Å². The number of benzene rings is 1. The van der Waals surface area contributed by atoms with Crippen LogP contribution in [0.2, 0.25) is 0 Å². The Hall–Kier alpha value is -0.340. The lowest BCUT2D eigenvalue weighted by molar-refractivity contribution is 0.298. The van der Waals surface area contributed by atoms with Gasteiger partial charge in [0.05, 0.1) is 0 Å². The summed E-state index contributed by atoms with van der Waals surface area (Å²) in [6.45, 7) is 5.34. The minimum atomic E-state index is 0.224. The summed E-state index contributed by atoms with van der Waals surface area (Å²) in [5, 5.41) is 0. The van der Waals surface area contributed by atoms with E-state index in [9.17, 15) is 0 Å². The lowest BCUT2D eigenvalue weighted by atomic mass is 9.67. The monoisotopic (exact) mass is 309 g/mol. The van der Waals surface area contributed by atoms with Crippen LogP contribution in [-0.4, -0.2) is 6.54 Å². The van der Waals surface area contributed by atoms with Gasteiger partial charge in [-0.3, -0.25) is 0 Å². The first kappa shape index (κ1) is 14.1. The van der Waals surface area contributed by atoms with Crippen molar-refractivity contribution in [1.29, 1.82) is 0 Å². The summed E-state index contributed by atoms with van der Waals surface area (Å²) < 4.78 is 1.18. The van der Waals surface area contributed by atoms with Crippen molar-refractivity contribution in [3.05, 3.63) is 33.8 Å². The molecule has 0 atom stereocenters. The van der Waals surface area contributed by atoms with Gasteiger partial charge in [-0.25, -0.2) is 0 Å². The highest BCUT2D eigenvalue weighted by Crippen LogP contribution is 2.42. The van der Waals surface area contributed by atoms with Gasteiger partial charge < -0.3 is 5.73 Å². The first-order valence-electron chi connectivity index (χ1n) is 7.09. The second-order valence-electron chi connectivity index (χ2n) is 5.93. The van der Waals surface area contributed by atoms with Crippen LogP contribution < -0.4 is 5.73 Å². The van der Waals surface area contributed by atoms with E-state index in [2.05, 4.69) is 48.0 Å². The van der Waals surface area contributed by atoms with Crippen molar-refractivity contribution < 1.29 is 0 Å². The number of halogens is 1. The van der Waals surface area contributed by atoms with Gasteiger partial charge in [0.25, 0.3) is 0 Å². The Bertz CT molecular complexity index is 406. The van der Waals surface area contributed by atoms with E-state index < -0.39 is 0 Å². The lowest BCUT2D eigenvalue weighted by Crippen LogP contribution is -2.38. The van der Waals surface area contributed by atoms with E-state index in [0.717, 1.165) is 6.54 Å². The number of hydrogen-bond acceptors (Lipinski definition) is 1. The van der Waals surface area contributed by atoms with Gasteiger partial charge in [-0.05, 0) is 42.0 Å². The van der Waals surface area contributed by atoms with Gasteiger partial charge in [-0.1, -0.05) is 55.1 Å². The van der Waals surface area contributed by atoms with E-state index >= 15 is 0 Å². The quantitative estimate of drug-likeness (QED) is 0.858. The van der Waals surface area contributed by atoms with Crippen molar-refractivity contribution in [3.63, 3.8) is 0 Å². The standard InChI is InChI=1S/C16H24BrN/c1-12(2)14-7-6-13(17)10-15(14)16(11-18)8-4-3-5-9-16/h6-7,10,12H,3-5,8-9,11,18H2,1-2H3. The van der Waals surface area contributed by atoms with Crippen LogP contribution in [0.1, 0.15) is 63.0 Å². The summed E-state index contributed by atoms with van der Waals surface area (Å²) in [5.41, 5.74) is 9.37. The fourth-order valence-electron chi connectivity index (χ4n) is 3.30. The molecule has 0 bridgehead atoms. The number of nitrogens with two attached hydrogens (primary N) is 1. The predicted octanol–water partition coefficient (Wildman–Crippen LogP) is 4.73. The highest BCUT2D eigenvalue weighted by atomic mass is 79.9. The molecule has 1 aromatic rings. The molecule has 100 valence electrons. The smallest absolute Gasteiger partial charge is 0.0178 e. The van der Waals surface area contributed by atoms with E-state index in [-0.39, 0.29) is 5.41 Å². The minimum Gasteiger partial charge on any atom is -0.330 e. The van der Waals surface area contributed by atoms with Crippen molar-refractivity contribution in [1.82, 2.24) is 0 Å². The molecule has 1 aromatic carbocycles. The maximum Gasteiger partial charge on any atom is 0.0178 e. The molecule has 1 aliphatic carbocycles. The molecule has 0 heterocycles. The molecular formula is C16H24BrN. The normalized spacial score (nSPS) is 19.2. The van der Waals surface area contributed by atoms with Crippen molar-refractivity contribution >= 4 is 15.9 Å². The van der Waals surface area contributed by atoms with Gasteiger partial charge in [0.15, 0.2) is 0 Å². The zero-order valence-corrected chi connectivity index (χ0v) is 13.1. The van der Waals surface area contributed by atoms with Gasteiger partial charge in [0.2, 0.25) is 0 Å². The summed E-state index contributed by atoms with van der Waals surface area (Å²) in [4.78, 5) is 0. The third kappa shape index (κ3) is 2.65. The lowest BCUT2D eigenvalue weighted by Gasteiger charge is -2.39. The molecule has 0 saturated heterocycles. The van der Waals surface area contributed by atoms with Crippen LogP contribution in [0.25, 0.3) is 0 Å². The topological polar surface area (TPSA) is 26.0 Å². The second kappa shape index (κ2) is 5.75. The zero-order valence-electron chi connectivity index (χ0n) is 11.5. The van der Waals surface area contributed by atoms with Gasteiger partial charge in [0.1, 0.15) is 0 Å². The molecule has 0 unspecified atom stereocenters. The van der Waals surface area contributed by atoms with Crippen LogP contribution in [-0.2, 0) is 5.41 Å². The van der Waals surface area contributed by atoms with E-state index in [1.807, 2.05) is 0 Å². The summed E-state index contributed by atoms with van der Waals surface area (Å²) in [6, 6.07) is 6.75. The van der Waals surface area contributed by atoms with Gasteiger partial charge in [-0.2, -0.15) is 0 Å². The van der Waals surface area contributed by atoms with Crippen LogP contribution in [0.4, 0.5) is 0 Å².